The Bertz CT molecular complexity index is 1150. The summed E-state index contributed by atoms with van der Waals surface area (Å²) >= 11 is 0. The van der Waals surface area contributed by atoms with Crippen LogP contribution in [0.2, 0.25) is 0 Å². The number of aryl methyl sites for hydroxylation is 1. The van der Waals surface area contributed by atoms with E-state index in [9.17, 15) is 14.0 Å². The van der Waals surface area contributed by atoms with Crippen molar-refractivity contribution in [1.29, 1.82) is 0 Å². The van der Waals surface area contributed by atoms with Crippen LogP contribution in [0.5, 0.6) is 0 Å². The summed E-state index contributed by atoms with van der Waals surface area (Å²) in [6.45, 7) is 10.6. The normalized spacial score (nSPS) is 19.7. The van der Waals surface area contributed by atoms with Crippen LogP contribution < -0.4 is 5.32 Å². The molecule has 2 aliphatic rings. The van der Waals surface area contributed by atoms with Crippen LogP contribution in [0.1, 0.15) is 54.9 Å². The number of halogens is 1. The standard InChI is InChI=1S/C29H43FN6O4/c1-20(2)19-35(24-16-22(17-31-18-24)28(37)34-10-13-40-14-11-34)29(38)27-26(7-5-6-12-39-4)36(33-32-27)23-8-9-25(30)21(3)15-23/h8-9,15,20,22,24,31H,5-7,10-14,16-19H2,1-4H3/t22?,24-/m0/s1. The van der Waals surface area contributed by atoms with E-state index < -0.39 is 0 Å². The Labute approximate surface area is 236 Å². The van der Waals surface area contributed by atoms with Gasteiger partial charge in [0.1, 0.15) is 5.82 Å². The molecule has 10 nitrogen and oxygen atoms in total. The summed E-state index contributed by atoms with van der Waals surface area (Å²) in [7, 11) is 1.67. The van der Waals surface area contributed by atoms with Gasteiger partial charge >= 0.3 is 0 Å². The van der Waals surface area contributed by atoms with Gasteiger partial charge in [0.2, 0.25) is 5.91 Å². The number of nitrogens with zero attached hydrogens (tertiary/aromatic N) is 5. The predicted molar refractivity (Wildman–Crippen MR) is 149 cm³/mol. The van der Waals surface area contributed by atoms with Crippen LogP contribution in [0.3, 0.4) is 0 Å². The van der Waals surface area contributed by atoms with Crippen molar-refractivity contribution in [3.05, 3.63) is 41.0 Å². The highest BCUT2D eigenvalue weighted by atomic mass is 19.1. The predicted octanol–water partition coefficient (Wildman–Crippen LogP) is 2.62. The summed E-state index contributed by atoms with van der Waals surface area (Å²) in [6, 6.07) is 4.63. The topological polar surface area (TPSA) is 102 Å². The van der Waals surface area contributed by atoms with Crippen LogP contribution in [-0.2, 0) is 20.7 Å². The first-order chi connectivity index (χ1) is 19.3. The summed E-state index contributed by atoms with van der Waals surface area (Å²) in [5, 5.41) is 12.2. The van der Waals surface area contributed by atoms with Crippen molar-refractivity contribution in [3.63, 3.8) is 0 Å². The fourth-order valence-electron chi connectivity index (χ4n) is 5.51. The van der Waals surface area contributed by atoms with E-state index in [4.69, 9.17) is 9.47 Å². The quantitative estimate of drug-likeness (QED) is 0.423. The van der Waals surface area contributed by atoms with Gasteiger partial charge in [-0.3, -0.25) is 9.59 Å². The fraction of sp³-hybridized carbons (Fsp3) is 0.655. The first-order valence-corrected chi connectivity index (χ1v) is 14.4. The lowest BCUT2D eigenvalue weighted by Crippen LogP contribution is -2.56. The number of methoxy groups -OCH3 is 1. The molecule has 1 aromatic carbocycles. The van der Waals surface area contributed by atoms with E-state index in [-0.39, 0.29) is 35.5 Å². The lowest BCUT2D eigenvalue weighted by Gasteiger charge is -2.40. The maximum atomic E-state index is 14.2. The number of piperidine rings is 1. The molecule has 0 spiro atoms. The molecular formula is C29H43FN6O4. The first-order valence-electron chi connectivity index (χ1n) is 14.4. The van der Waals surface area contributed by atoms with Gasteiger partial charge in [0.05, 0.1) is 30.5 Å². The molecule has 3 heterocycles. The van der Waals surface area contributed by atoms with E-state index >= 15 is 0 Å². The average molecular weight is 559 g/mol. The van der Waals surface area contributed by atoms with Crippen molar-refractivity contribution < 1.29 is 23.5 Å². The molecule has 2 atom stereocenters. The largest absolute Gasteiger partial charge is 0.385 e. The third-order valence-corrected chi connectivity index (χ3v) is 7.63. The molecule has 220 valence electrons. The van der Waals surface area contributed by atoms with E-state index in [0.29, 0.717) is 88.0 Å². The molecule has 11 heteroatoms. The van der Waals surface area contributed by atoms with Crippen LogP contribution in [0.15, 0.2) is 18.2 Å². The van der Waals surface area contributed by atoms with Gasteiger partial charge in [-0.2, -0.15) is 0 Å². The number of morpholine rings is 1. The minimum absolute atomic E-state index is 0.119. The fourth-order valence-corrected chi connectivity index (χ4v) is 5.51. The van der Waals surface area contributed by atoms with Gasteiger partial charge in [0.25, 0.3) is 5.91 Å². The van der Waals surface area contributed by atoms with Gasteiger partial charge in [-0.15, -0.1) is 5.10 Å². The Hall–Kier alpha value is -2.89. The molecule has 40 heavy (non-hydrogen) atoms. The highest BCUT2D eigenvalue weighted by Crippen LogP contribution is 2.24. The number of aromatic nitrogens is 3. The molecule has 0 bridgehead atoms. The minimum atomic E-state index is -0.295. The summed E-state index contributed by atoms with van der Waals surface area (Å²) in [4.78, 5) is 31.3. The second-order valence-electron chi connectivity index (χ2n) is 11.2. The molecule has 1 N–H and O–H groups in total. The second kappa shape index (κ2) is 14.1. The zero-order valence-corrected chi connectivity index (χ0v) is 24.2. The van der Waals surface area contributed by atoms with Gasteiger partial charge in [-0.05, 0) is 62.3 Å². The summed E-state index contributed by atoms with van der Waals surface area (Å²) in [5.74, 6) is -0.346. The lowest BCUT2D eigenvalue weighted by atomic mass is 9.92. The molecule has 2 saturated heterocycles. The molecule has 2 aromatic rings. The molecule has 0 saturated carbocycles. The van der Waals surface area contributed by atoms with Crippen molar-refractivity contribution >= 4 is 11.8 Å². The van der Waals surface area contributed by atoms with Crippen LogP contribution in [0.25, 0.3) is 5.69 Å². The first kappa shape index (κ1) is 30.1. The number of hydrogen-bond acceptors (Lipinski definition) is 7. The molecule has 2 amide bonds. The number of carbonyl (C=O) groups excluding carboxylic acids is 2. The Morgan fingerprint density at radius 3 is 2.70 bits per heavy atom. The van der Waals surface area contributed by atoms with Gasteiger partial charge in [-0.25, -0.2) is 9.07 Å². The van der Waals surface area contributed by atoms with Crippen molar-refractivity contribution in [3.8, 4) is 5.69 Å². The van der Waals surface area contributed by atoms with E-state index in [0.717, 1.165) is 12.8 Å². The van der Waals surface area contributed by atoms with E-state index in [2.05, 4.69) is 29.5 Å². The lowest BCUT2D eigenvalue weighted by molar-refractivity contribution is -0.140. The van der Waals surface area contributed by atoms with Gasteiger partial charge in [0.15, 0.2) is 5.69 Å². The van der Waals surface area contributed by atoms with Crippen molar-refractivity contribution in [2.75, 3.05) is 59.7 Å². The molecule has 4 rings (SSSR count). The number of ether oxygens (including phenoxy) is 2. The van der Waals surface area contributed by atoms with E-state index in [1.165, 1.54) is 6.07 Å². The number of hydrogen-bond donors (Lipinski definition) is 1. The van der Waals surface area contributed by atoms with Gasteiger partial charge in [0, 0.05) is 52.5 Å². The Balaban J connectivity index is 1.61. The highest BCUT2D eigenvalue weighted by molar-refractivity contribution is 5.94. The summed E-state index contributed by atoms with van der Waals surface area (Å²) < 4.78 is 26.3. The number of benzene rings is 1. The van der Waals surface area contributed by atoms with E-state index in [1.54, 1.807) is 30.8 Å². The third kappa shape index (κ3) is 7.24. The third-order valence-electron chi connectivity index (χ3n) is 7.63. The average Bonchev–Trinajstić information content (AvgIpc) is 3.39. The second-order valence-corrected chi connectivity index (χ2v) is 11.2. The Morgan fingerprint density at radius 2 is 2.00 bits per heavy atom. The number of amides is 2. The highest BCUT2D eigenvalue weighted by Gasteiger charge is 2.37. The molecular weight excluding hydrogens is 515 g/mol. The maximum Gasteiger partial charge on any atom is 0.276 e. The van der Waals surface area contributed by atoms with Crippen molar-refractivity contribution in [2.24, 2.45) is 11.8 Å². The summed E-state index contributed by atoms with van der Waals surface area (Å²) in [6.07, 6.45) is 2.78. The van der Waals surface area contributed by atoms with Crippen molar-refractivity contribution in [2.45, 2.75) is 52.5 Å². The Kier molecular flexibility index (Phi) is 10.6. The number of unbranched alkanes of at least 4 members (excludes halogenated alkanes) is 1. The molecule has 1 unspecified atom stereocenters. The van der Waals surface area contributed by atoms with Crippen LogP contribution >= 0.6 is 0 Å². The Morgan fingerprint density at radius 1 is 1.23 bits per heavy atom. The van der Waals surface area contributed by atoms with Crippen LogP contribution in [0, 0.1) is 24.6 Å². The zero-order chi connectivity index (χ0) is 28.6. The van der Waals surface area contributed by atoms with Crippen molar-refractivity contribution in [1.82, 2.24) is 30.1 Å². The molecule has 0 radical (unpaired) electrons. The smallest absolute Gasteiger partial charge is 0.276 e. The zero-order valence-electron chi connectivity index (χ0n) is 24.2. The number of nitrogens with one attached hydrogen (secondary N) is 1. The number of rotatable bonds is 11. The maximum absolute atomic E-state index is 14.2. The minimum Gasteiger partial charge on any atom is -0.385 e. The molecule has 0 aliphatic carbocycles. The van der Waals surface area contributed by atoms with Crippen LogP contribution in [0.4, 0.5) is 4.39 Å². The van der Waals surface area contributed by atoms with Gasteiger partial charge < -0.3 is 24.6 Å². The van der Waals surface area contributed by atoms with Gasteiger partial charge in [-0.1, -0.05) is 19.1 Å². The SMILES string of the molecule is COCCCCc1c(C(=O)N(CC(C)C)[C@@H]2CNCC(C(=O)N3CCOCC3)C2)nnn1-c1ccc(F)c(C)c1. The van der Waals surface area contributed by atoms with E-state index in [1.807, 2.05) is 9.80 Å². The summed E-state index contributed by atoms with van der Waals surface area (Å²) in [5.41, 5.74) is 2.17. The molecule has 1 aromatic heterocycles. The monoisotopic (exact) mass is 558 g/mol. The molecule has 2 aliphatic heterocycles. The number of carbonyl (C=O) groups is 2. The van der Waals surface area contributed by atoms with Crippen LogP contribution in [-0.4, -0.2) is 102 Å². The molecule has 2 fully saturated rings.